The largest absolute Gasteiger partial charge is 0.447 e. The molecule has 0 saturated carbocycles. The Morgan fingerprint density at radius 1 is 1.00 bits per heavy atom. The Kier molecular flexibility index (Phi) is 6.15. The summed E-state index contributed by atoms with van der Waals surface area (Å²) in [6, 6.07) is 23.0. The van der Waals surface area contributed by atoms with Gasteiger partial charge in [-0.2, -0.15) is 0 Å². The molecule has 4 rings (SSSR count). The molecule has 0 bridgehead atoms. The molecule has 0 aliphatic heterocycles. The van der Waals surface area contributed by atoms with Gasteiger partial charge in [0.1, 0.15) is 9.96 Å². The molecule has 4 aromatic rings. The van der Waals surface area contributed by atoms with Gasteiger partial charge in [-0.1, -0.05) is 53.8 Å². The molecule has 0 unspecified atom stereocenters. The molecule has 30 heavy (non-hydrogen) atoms. The summed E-state index contributed by atoms with van der Waals surface area (Å²) >= 11 is 2.79. The fraction of sp³-hybridized carbons (Fsp3) is 0.130. The van der Waals surface area contributed by atoms with Crippen LogP contribution in [0.1, 0.15) is 11.1 Å². The van der Waals surface area contributed by atoms with Crippen LogP contribution in [-0.4, -0.2) is 14.7 Å². The fourth-order valence-electron chi connectivity index (χ4n) is 3.22. The van der Waals surface area contributed by atoms with Crippen LogP contribution >= 0.6 is 23.1 Å². The highest BCUT2D eigenvalue weighted by Crippen LogP contribution is 2.33. The van der Waals surface area contributed by atoms with Crippen molar-refractivity contribution in [2.45, 2.75) is 22.6 Å². The average molecular weight is 456 g/mol. The van der Waals surface area contributed by atoms with Crippen molar-refractivity contribution in [1.29, 1.82) is 0 Å². The van der Waals surface area contributed by atoms with E-state index in [0.29, 0.717) is 10.8 Å². The first kappa shape index (κ1) is 20.9. The Bertz CT molecular complexity index is 1290. The Labute approximate surface area is 185 Å². The van der Waals surface area contributed by atoms with Crippen LogP contribution in [0.4, 0.5) is 0 Å². The van der Waals surface area contributed by atoms with Gasteiger partial charge in [0.2, 0.25) is 10.0 Å². The topological polar surface area (TPSA) is 55.4 Å². The van der Waals surface area contributed by atoms with E-state index in [9.17, 15) is 8.42 Å². The normalized spacial score (nSPS) is 11.7. The number of benzene rings is 3. The van der Waals surface area contributed by atoms with Crippen molar-refractivity contribution in [3.05, 3.63) is 83.9 Å². The molecule has 0 atom stereocenters. The standard InChI is InChI=1S/C23H21NO3S3/c1-16-14-19(10-11-21(16)28-2)27-22-12-13-23(29-22)30(25,26)24-15-18-8-5-7-17-6-3-4-9-20(17)18/h3-14,24H,15H2,1-2H3. The molecular weight excluding hydrogens is 434 g/mol. The van der Waals surface area contributed by atoms with Crippen LogP contribution in [0.15, 0.2) is 81.9 Å². The van der Waals surface area contributed by atoms with Crippen molar-refractivity contribution in [1.82, 2.24) is 4.72 Å². The lowest BCUT2D eigenvalue weighted by Crippen LogP contribution is -2.22. The maximum Gasteiger partial charge on any atom is 0.250 e. The van der Waals surface area contributed by atoms with Gasteiger partial charge < -0.3 is 4.74 Å². The van der Waals surface area contributed by atoms with Gasteiger partial charge >= 0.3 is 0 Å². The number of fused-ring (bicyclic) bond motifs is 1. The second-order valence-electron chi connectivity index (χ2n) is 6.77. The van der Waals surface area contributed by atoms with Gasteiger partial charge in [0.15, 0.2) is 5.06 Å². The molecule has 0 fully saturated rings. The van der Waals surface area contributed by atoms with Crippen LogP contribution in [0.25, 0.3) is 10.8 Å². The molecule has 3 aromatic carbocycles. The minimum absolute atomic E-state index is 0.229. The molecule has 0 amide bonds. The lowest BCUT2D eigenvalue weighted by molar-refractivity contribution is 0.495. The van der Waals surface area contributed by atoms with Crippen LogP contribution < -0.4 is 9.46 Å². The molecule has 0 aliphatic carbocycles. The molecule has 0 aliphatic rings. The van der Waals surface area contributed by atoms with Crippen molar-refractivity contribution in [2.24, 2.45) is 0 Å². The van der Waals surface area contributed by atoms with Gasteiger partial charge in [-0.15, -0.1) is 11.8 Å². The molecule has 0 saturated heterocycles. The van der Waals surface area contributed by atoms with Crippen LogP contribution in [0.5, 0.6) is 10.8 Å². The van der Waals surface area contributed by atoms with Gasteiger partial charge in [-0.3, -0.25) is 0 Å². The molecule has 4 nitrogen and oxygen atoms in total. The smallest absolute Gasteiger partial charge is 0.250 e. The summed E-state index contributed by atoms with van der Waals surface area (Å²) in [6.45, 7) is 2.26. The van der Waals surface area contributed by atoms with Gasteiger partial charge in [0, 0.05) is 11.4 Å². The minimum Gasteiger partial charge on any atom is -0.447 e. The highest BCUT2D eigenvalue weighted by molar-refractivity contribution is 7.98. The van der Waals surface area contributed by atoms with E-state index in [0.717, 1.165) is 33.2 Å². The van der Waals surface area contributed by atoms with Crippen molar-refractivity contribution in [3.8, 4) is 10.8 Å². The van der Waals surface area contributed by atoms with Crippen LogP contribution in [0, 0.1) is 6.92 Å². The molecule has 154 valence electrons. The molecular formula is C23H21NO3S3. The maximum absolute atomic E-state index is 12.8. The summed E-state index contributed by atoms with van der Waals surface area (Å²) in [7, 11) is -3.63. The third-order valence-electron chi connectivity index (χ3n) is 4.74. The predicted molar refractivity (Wildman–Crippen MR) is 125 cm³/mol. The van der Waals surface area contributed by atoms with E-state index in [1.165, 1.54) is 4.90 Å². The third-order valence-corrected chi connectivity index (χ3v) is 8.49. The zero-order valence-corrected chi connectivity index (χ0v) is 19.0. The van der Waals surface area contributed by atoms with Gasteiger partial charge in [-0.25, -0.2) is 13.1 Å². The second kappa shape index (κ2) is 8.81. The lowest BCUT2D eigenvalue weighted by atomic mass is 10.1. The molecule has 1 N–H and O–H groups in total. The average Bonchev–Trinajstić information content (AvgIpc) is 3.22. The molecule has 0 spiro atoms. The van der Waals surface area contributed by atoms with E-state index in [-0.39, 0.29) is 10.8 Å². The van der Waals surface area contributed by atoms with Crippen molar-refractivity contribution in [3.63, 3.8) is 0 Å². The zero-order chi connectivity index (χ0) is 21.1. The number of nitrogens with one attached hydrogen (secondary N) is 1. The summed E-state index contributed by atoms with van der Waals surface area (Å²) < 4.78 is 34.4. The predicted octanol–water partition coefficient (Wildman–Crippen LogP) is 6.20. The summed E-state index contributed by atoms with van der Waals surface area (Å²) in [5, 5.41) is 2.67. The van der Waals surface area contributed by atoms with Gasteiger partial charge in [-0.05, 0) is 65.4 Å². The number of hydrogen-bond acceptors (Lipinski definition) is 5. The van der Waals surface area contributed by atoms with E-state index < -0.39 is 10.0 Å². The number of thiophene rings is 1. The van der Waals surface area contributed by atoms with E-state index in [1.807, 2.05) is 73.8 Å². The van der Waals surface area contributed by atoms with Gasteiger partial charge in [0.25, 0.3) is 0 Å². The summed E-state index contributed by atoms with van der Waals surface area (Å²) in [5.74, 6) is 0.694. The Balaban J connectivity index is 1.48. The third kappa shape index (κ3) is 4.54. The summed E-state index contributed by atoms with van der Waals surface area (Å²) in [4.78, 5) is 1.19. The SMILES string of the molecule is CSc1ccc(Oc2ccc(S(=O)(=O)NCc3cccc4ccccc34)s2)cc1C. The van der Waals surface area contributed by atoms with Crippen LogP contribution in [0.2, 0.25) is 0 Å². The molecule has 1 heterocycles. The van der Waals surface area contributed by atoms with E-state index in [2.05, 4.69) is 4.72 Å². The summed E-state index contributed by atoms with van der Waals surface area (Å²) in [5.41, 5.74) is 2.07. The monoisotopic (exact) mass is 455 g/mol. The number of aryl methyl sites for hydroxylation is 1. The lowest BCUT2D eigenvalue weighted by Gasteiger charge is -2.08. The Morgan fingerprint density at radius 2 is 1.80 bits per heavy atom. The molecule has 0 radical (unpaired) electrons. The van der Waals surface area contributed by atoms with E-state index in [4.69, 9.17) is 4.74 Å². The van der Waals surface area contributed by atoms with Crippen molar-refractivity contribution < 1.29 is 13.2 Å². The number of thioether (sulfide) groups is 1. The quantitative estimate of drug-likeness (QED) is 0.337. The Morgan fingerprint density at radius 3 is 2.60 bits per heavy atom. The molecule has 1 aromatic heterocycles. The zero-order valence-electron chi connectivity index (χ0n) is 16.6. The Hall–Kier alpha value is -2.32. The first-order valence-corrected chi connectivity index (χ1v) is 12.9. The molecule has 7 heteroatoms. The summed E-state index contributed by atoms with van der Waals surface area (Å²) in [6.07, 6.45) is 2.03. The van der Waals surface area contributed by atoms with E-state index in [1.54, 1.807) is 23.9 Å². The van der Waals surface area contributed by atoms with E-state index >= 15 is 0 Å². The van der Waals surface area contributed by atoms with Crippen LogP contribution in [0.3, 0.4) is 0 Å². The number of ether oxygens (including phenoxy) is 1. The first-order valence-electron chi connectivity index (χ1n) is 9.35. The highest BCUT2D eigenvalue weighted by Gasteiger charge is 2.18. The minimum atomic E-state index is -3.63. The number of rotatable bonds is 7. The first-order chi connectivity index (χ1) is 14.5. The second-order valence-corrected chi connectivity index (χ2v) is 10.7. The maximum atomic E-state index is 12.8. The number of hydrogen-bond donors (Lipinski definition) is 1. The van der Waals surface area contributed by atoms with Crippen molar-refractivity contribution >= 4 is 43.9 Å². The van der Waals surface area contributed by atoms with Crippen molar-refractivity contribution in [2.75, 3.05) is 6.26 Å². The number of sulfonamides is 1. The fourth-order valence-corrected chi connectivity index (χ4v) is 6.01. The van der Waals surface area contributed by atoms with Gasteiger partial charge in [0.05, 0.1) is 0 Å². The van der Waals surface area contributed by atoms with Crippen LogP contribution in [-0.2, 0) is 16.6 Å². The highest BCUT2D eigenvalue weighted by atomic mass is 32.2.